The zero-order chi connectivity index (χ0) is 23.7. The van der Waals surface area contributed by atoms with Gasteiger partial charge < -0.3 is 32.3 Å². The molecule has 0 aliphatic carbocycles. The summed E-state index contributed by atoms with van der Waals surface area (Å²) in [5.74, 6) is -3.50. The predicted molar refractivity (Wildman–Crippen MR) is 115 cm³/mol. The van der Waals surface area contributed by atoms with E-state index in [-0.39, 0.29) is 18.6 Å². The molecule has 10 heteroatoms. The van der Waals surface area contributed by atoms with Gasteiger partial charge in [0, 0.05) is 12.8 Å². The van der Waals surface area contributed by atoms with Crippen LogP contribution in [0.5, 0.6) is 5.75 Å². The number of carbonyl (C=O) groups excluding carboxylic acids is 3. The monoisotopic (exact) mass is 442 g/mol. The summed E-state index contributed by atoms with van der Waals surface area (Å²) in [7, 11) is 0. The van der Waals surface area contributed by atoms with Crippen molar-refractivity contribution in [2.24, 2.45) is 11.5 Å². The van der Waals surface area contributed by atoms with Crippen LogP contribution < -0.4 is 22.1 Å². The summed E-state index contributed by atoms with van der Waals surface area (Å²) in [4.78, 5) is 48.1. The van der Waals surface area contributed by atoms with Gasteiger partial charge in [0.25, 0.3) is 0 Å². The zero-order valence-electron chi connectivity index (χ0n) is 17.2. The van der Waals surface area contributed by atoms with E-state index in [0.29, 0.717) is 11.1 Å². The van der Waals surface area contributed by atoms with Gasteiger partial charge in [-0.2, -0.15) is 0 Å². The van der Waals surface area contributed by atoms with Crippen LogP contribution in [0.2, 0.25) is 0 Å². The van der Waals surface area contributed by atoms with E-state index in [1.165, 1.54) is 12.1 Å². The second kappa shape index (κ2) is 11.5. The molecule has 0 aliphatic heterocycles. The van der Waals surface area contributed by atoms with E-state index in [9.17, 15) is 29.4 Å². The van der Waals surface area contributed by atoms with E-state index in [2.05, 4.69) is 10.6 Å². The number of carboxylic acid groups (broad SMARTS) is 1. The Morgan fingerprint density at radius 2 is 1.34 bits per heavy atom. The topological polar surface area (TPSA) is 185 Å². The lowest BCUT2D eigenvalue weighted by molar-refractivity contribution is -0.142. The maximum absolute atomic E-state index is 12.9. The quantitative estimate of drug-likeness (QED) is 0.269. The Balaban J connectivity index is 2.18. The number of aromatic hydroxyl groups is 1. The third-order valence-corrected chi connectivity index (χ3v) is 4.66. The average Bonchev–Trinajstić information content (AvgIpc) is 2.74. The molecule has 32 heavy (non-hydrogen) atoms. The number of hydrogen-bond acceptors (Lipinski definition) is 6. The van der Waals surface area contributed by atoms with Gasteiger partial charge in [0.2, 0.25) is 17.7 Å². The number of nitrogens with one attached hydrogen (secondary N) is 2. The van der Waals surface area contributed by atoms with E-state index < -0.39 is 48.2 Å². The second-order valence-electron chi connectivity index (χ2n) is 7.30. The van der Waals surface area contributed by atoms with Crippen LogP contribution in [-0.4, -0.2) is 52.0 Å². The van der Waals surface area contributed by atoms with Crippen molar-refractivity contribution in [1.82, 2.24) is 10.6 Å². The molecule has 170 valence electrons. The molecule has 0 saturated heterocycles. The molecule has 0 saturated carbocycles. The largest absolute Gasteiger partial charge is 0.508 e. The summed E-state index contributed by atoms with van der Waals surface area (Å²) in [6.45, 7) is 0. The first-order chi connectivity index (χ1) is 15.2. The van der Waals surface area contributed by atoms with Gasteiger partial charge in [0.15, 0.2) is 0 Å². The van der Waals surface area contributed by atoms with Crippen LogP contribution in [0.25, 0.3) is 0 Å². The molecule has 0 bridgehead atoms. The first kappa shape index (κ1) is 24.4. The Morgan fingerprint density at radius 3 is 1.91 bits per heavy atom. The molecule has 2 rings (SSSR count). The number of carbonyl (C=O) groups is 4. The standard InChI is InChI=1S/C22H26N4O6/c23-16(12-19(24)28)20(29)25-17(10-14-6-8-15(27)9-7-14)21(30)26-18(22(31)32)11-13-4-2-1-3-5-13/h1-9,16-18,27H,10-12,23H2,(H2,24,28)(H,25,29)(H,26,30)(H,31,32). The maximum atomic E-state index is 12.9. The van der Waals surface area contributed by atoms with Crippen molar-refractivity contribution in [3.8, 4) is 5.75 Å². The lowest BCUT2D eigenvalue weighted by Crippen LogP contribution is -2.56. The van der Waals surface area contributed by atoms with Gasteiger partial charge in [0.1, 0.15) is 17.8 Å². The number of phenols is 1. The van der Waals surface area contributed by atoms with Crippen LogP contribution in [0, 0.1) is 0 Å². The SMILES string of the molecule is NC(=O)CC(N)C(=O)NC(Cc1ccc(O)cc1)C(=O)NC(Cc1ccccc1)C(=O)O. The van der Waals surface area contributed by atoms with Crippen molar-refractivity contribution < 1.29 is 29.4 Å². The Morgan fingerprint density at radius 1 is 0.812 bits per heavy atom. The van der Waals surface area contributed by atoms with Crippen LogP contribution in [-0.2, 0) is 32.0 Å². The Bertz CT molecular complexity index is 949. The molecule has 0 heterocycles. The third-order valence-electron chi connectivity index (χ3n) is 4.66. The van der Waals surface area contributed by atoms with Crippen molar-refractivity contribution >= 4 is 23.7 Å². The fourth-order valence-corrected chi connectivity index (χ4v) is 2.99. The summed E-state index contributed by atoms with van der Waals surface area (Å²) in [6.07, 6.45) is -0.368. The number of nitrogens with two attached hydrogens (primary N) is 2. The van der Waals surface area contributed by atoms with E-state index in [4.69, 9.17) is 11.5 Å². The summed E-state index contributed by atoms with van der Waals surface area (Å²) in [5.41, 5.74) is 12.0. The predicted octanol–water partition coefficient (Wildman–Crippen LogP) is -0.566. The van der Waals surface area contributed by atoms with Gasteiger partial charge >= 0.3 is 5.97 Å². The Labute approximate surface area is 184 Å². The number of rotatable bonds is 11. The van der Waals surface area contributed by atoms with E-state index in [1.54, 1.807) is 42.5 Å². The highest BCUT2D eigenvalue weighted by atomic mass is 16.4. The molecule has 0 aliphatic rings. The van der Waals surface area contributed by atoms with Crippen LogP contribution in [0.4, 0.5) is 0 Å². The highest BCUT2D eigenvalue weighted by Crippen LogP contribution is 2.12. The fraction of sp³-hybridized carbons (Fsp3) is 0.273. The van der Waals surface area contributed by atoms with Crippen molar-refractivity contribution in [1.29, 1.82) is 0 Å². The summed E-state index contributed by atoms with van der Waals surface area (Å²) < 4.78 is 0. The van der Waals surface area contributed by atoms with E-state index in [1.807, 2.05) is 0 Å². The summed E-state index contributed by atoms with van der Waals surface area (Å²) in [5, 5.41) is 23.9. The number of phenolic OH excluding ortho intramolecular Hbond substituents is 1. The highest BCUT2D eigenvalue weighted by molar-refractivity contribution is 5.93. The molecule has 2 aromatic rings. The lowest BCUT2D eigenvalue weighted by atomic mass is 10.0. The van der Waals surface area contributed by atoms with Crippen LogP contribution >= 0.6 is 0 Å². The van der Waals surface area contributed by atoms with Gasteiger partial charge in [-0.1, -0.05) is 42.5 Å². The van der Waals surface area contributed by atoms with Crippen LogP contribution in [0.3, 0.4) is 0 Å². The average molecular weight is 442 g/mol. The fourth-order valence-electron chi connectivity index (χ4n) is 2.99. The van der Waals surface area contributed by atoms with E-state index >= 15 is 0 Å². The molecular formula is C22H26N4O6. The Kier molecular flexibility index (Phi) is 8.72. The molecule has 3 atom stereocenters. The van der Waals surface area contributed by atoms with Crippen molar-refractivity contribution in [3.05, 3.63) is 65.7 Å². The minimum absolute atomic E-state index is 0.00117. The molecule has 8 N–H and O–H groups in total. The number of hydrogen-bond donors (Lipinski definition) is 6. The maximum Gasteiger partial charge on any atom is 0.326 e. The van der Waals surface area contributed by atoms with Gasteiger partial charge in [-0.15, -0.1) is 0 Å². The number of aliphatic carboxylic acids is 1. The van der Waals surface area contributed by atoms with Crippen LogP contribution in [0.15, 0.2) is 54.6 Å². The van der Waals surface area contributed by atoms with Crippen LogP contribution in [0.1, 0.15) is 17.5 Å². The normalized spacial score (nSPS) is 13.4. The number of benzene rings is 2. The molecule has 0 spiro atoms. The van der Waals surface area contributed by atoms with Crippen molar-refractivity contribution in [2.45, 2.75) is 37.4 Å². The molecule has 0 fully saturated rings. The lowest BCUT2D eigenvalue weighted by Gasteiger charge is -2.23. The molecule has 0 aromatic heterocycles. The first-order valence-electron chi connectivity index (χ1n) is 9.85. The molecule has 0 radical (unpaired) electrons. The molecule has 10 nitrogen and oxygen atoms in total. The minimum atomic E-state index is -1.26. The second-order valence-corrected chi connectivity index (χ2v) is 7.30. The third kappa shape index (κ3) is 7.73. The van der Waals surface area contributed by atoms with Gasteiger partial charge in [-0.05, 0) is 23.3 Å². The van der Waals surface area contributed by atoms with Gasteiger partial charge in [0.05, 0.1) is 12.5 Å². The Hall–Kier alpha value is -3.92. The molecule has 3 amide bonds. The van der Waals surface area contributed by atoms with Gasteiger partial charge in [-0.3, -0.25) is 14.4 Å². The number of amides is 3. The molecule has 2 aromatic carbocycles. The van der Waals surface area contributed by atoms with Crippen molar-refractivity contribution in [2.75, 3.05) is 0 Å². The smallest absolute Gasteiger partial charge is 0.326 e. The van der Waals surface area contributed by atoms with Gasteiger partial charge in [-0.25, -0.2) is 4.79 Å². The molecule has 3 unspecified atom stereocenters. The number of primary amides is 1. The first-order valence-corrected chi connectivity index (χ1v) is 9.85. The van der Waals surface area contributed by atoms with Crippen molar-refractivity contribution in [3.63, 3.8) is 0 Å². The zero-order valence-corrected chi connectivity index (χ0v) is 17.2. The molecular weight excluding hydrogens is 416 g/mol. The minimum Gasteiger partial charge on any atom is -0.508 e. The highest BCUT2D eigenvalue weighted by Gasteiger charge is 2.28. The summed E-state index contributed by atoms with van der Waals surface area (Å²) in [6, 6.07) is 11.1. The van der Waals surface area contributed by atoms with E-state index in [0.717, 1.165) is 0 Å². The number of carboxylic acids is 1. The summed E-state index contributed by atoms with van der Waals surface area (Å²) >= 11 is 0.